The zero-order chi connectivity index (χ0) is 12.3. The standard InChI is InChI=1S/C14H23NSi/c1-11(2)14(15)12(3)16(4,5)13-9-7-6-8-10-13/h6-11,14H,3,15H2,1-2,4-5H3/t14-/m0/s1. The molecule has 0 heterocycles. The van der Waals surface area contributed by atoms with Gasteiger partial charge in [0.25, 0.3) is 0 Å². The molecule has 0 radical (unpaired) electrons. The summed E-state index contributed by atoms with van der Waals surface area (Å²) in [5, 5.41) is 2.66. The molecule has 1 atom stereocenters. The molecule has 2 N–H and O–H groups in total. The van der Waals surface area contributed by atoms with Crippen LogP contribution in [0.3, 0.4) is 0 Å². The van der Waals surface area contributed by atoms with E-state index in [-0.39, 0.29) is 6.04 Å². The molecular formula is C14H23NSi. The zero-order valence-corrected chi connectivity index (χ0v) is 11.8. The highest BCUT2D eigenvalue weighted by molar-refractivity contribution is 6.95. The van der Waals surface area contributed by atoms with Crippen LogP contribution in [0.5, 0.6) is 0 Å². The average Bonchev–Trinajstić information content (AvgIpc) is 2.28. The predicted octanol–water partition coefficient (Wildman–Crippen LogP) is 2.68. The van der Waals surface area contributed by atoms with E-state index in [1.807, 2.05) is 0 Å². The monoisotopic (exact) mass is 233 g/mol. The summed E-state index contributed by atoms with van der Waals surface area (Å²) >= 11 is 0. The van der Waals surface area contributed by atoms with Crippen LogP contribution in [0.25, 0.3) is 0 Å². The van der Waals surface area contributed by atoms with E-state index in [0.717, 1.165) is 0 Å². The lowest BCUT2D eigenvalue weighted by atomic mass is 10.1. The van der Waals surface area contributed by atoms with Crippen molar-refractivity contribution >= 4 is 13.3 Å². The average molecular weight is 233 g/mol. The number of hydrogen-bond acceptors (Lipinski definition) is 1. The van der Waals surface area contributed by atoms with E-state index in [0.29, 0.717) is 5.92 Å². The van der Waals surface area contributed by atoms with Gasteiger partial charge in [-0.15, -0.1) is 6.58 Å². The molecule has 0 aliphatic carbocycles. The van der Waals surface area contributed by atoms with Gasteiger partial charge in [0.15, 0.2) is 0 Å². The quantitative estimate of drug-likeness (QED) is 0.795. The Morgan fingerprint density at radius 1 is 1.19 bits per heavy atom. The highest BCUT2D eigenvalue weighted by Gasteiger charge is 2.31. The van der Waals surface area contributed by atoms with Gasteiger partial charge >= 0.3 is 0 Å². The number of benzene rings is 1. The SMILES string of the molecule is C=C([C@@H](N)C(C)C)[Si](C)(C)c1ccccc1. The Morgan fingerprint density at radius 2 is 1.69 bits per heavy atom. The first-order valence-electron chi connectivity index (χ1n) is 5.87. The molecule has 0 unspecified atom stereocenters. The van der Waals surface area contributed by atoms with Crippen molar-refractivity contribution in [3.63, 3.8) is 0 Å². The van der Waals surface area contributed by atoms with E-state index >= 15 is 0 Å². The van der Waals surface area contributed by atoms with Crippen LogP contribution in [0.15, 0.2) is 42.1 Å². The van der Waals surface area contributed by atoms with Gasteiger partial charge in [-0.2, -0.15) is 0 Å². The molecule has 2 heteroatoms. The van der Waals surface area contributed by atoms with Crippen LogP contribution in [0, 0.1) is 5.92 Å². The summed E-state index contributed by atoms with van der Waals surface area (Å²) < 4.78 is 0. The van der Waals surface area contributed by atoms with Crippen molar-refractivity contribution in [2.24, 2.45) is 11.7 Å². The Balaban J connectivity index is 2.99. The fourth-order valence-corrected chi connectivity index (χ4v) is 4.42. The third-order valence-corrected chi connectivity index (χ3v) is 7.13. The van der Waals surface area contributed by atoms with E-state index in [2.05, 4.69) is 63.9 Å². The normalized spacial score (nSPS) is 13.9. The molecule has 1 aromatic rings. The molecule has 0 aliphatic rings. The highest BCUT2D eigenvalue weighted by atomic mass is 28.3. The minimum Gasteiger partial charge on any atom is -0.324 e. The molecule has 0 saturated carbocycles. The molecule has 0 aliphatic heterocycles. The van der Waals surface area contributed by atoms with Gasteiger partial charge in [0.2, 0.25) is 0 Å². The Hall–Kier alpha value is -0.863. The third-order valence-electron chi connectivity index (χ3n) is 3.42. The van der Waals surface area contributed by atoms with Gasteiger partial charge in [-0.1, -0.05) is 67.7 Å². The first-order valence-corrected chi connectivity index (χ1v) is 8.87. The lowest BCUT2D eigenvalue weighted by Crippen LogP contribution is -2.50. The molecule has 1 rings (SSSR count). The first-order chi connectivity index (χ1) is 7.37. The van der Waals surface area contributed by atoms with Crippen molar-refractivity contribution in [3.8, 4) is 0 Å². The van der Waals surface area contributed by atoms with E-state index in [4.69, 9.17) is 5.73 Å². The summed E-state index contributed by atoms with van der Waals surface area (Å²) in [4.78, 5) is 0. The predicted molar refractivity (Wildman–Crippen MR) is 75.5 cm³/mol. The summed E-state index contributed by atoms with van der Waals surface area (Å²) in [7, 11) is -1.63. The zero-order valence-electron chi connectivity index (χ0n) is 10.8. The molecule has 0 bridgehead atoms. The minimum atomic E-state index is -1.63. The van der Waals surface area contributed by atoms with Crippen molar-refractivity contribution in [2.45, 2.75) is 33.0 Å². The van der Waals surface area contributed by atoms with E-state index in [1.165, 1.54) is 10.4 Å². The maximum Gasteiger partial charge on any atom is 0.108 e. The van der Waals surface area contributed by atoms with Gasteiger partial charge in [0.05, 0.1) is 0 Å². The van der Waals surface area contributed by atoms with Crippen LogP contribution in [-0.4, -0.2) is 14.1 Å². The molecule has 0 saturated heterocycles. The molecule has 0 fully saturated rings. The van der Waals surface area contributed by atoms with Gasteiger partial charge in [-0.25, -0.2) is 0 Å². The third kappa shape index (κ3) is 2.63. The Bertz CT molecular complexity index is 354. The number of hydrogen-bond donors (Lipinski definition) is 1. The van der Waals surface area contributed by atoms with Crippen molar-refractivity contribution in [1.82, 2.24) is 0 Å². The summed E-state index contributed by atoms with van der Waals surface area (Å²) in [5.41, 5.74) is 6.22. The second kappa shape index (κ2) is 4.98. The maximum atomic E-state index is 6.22. The van der Waals surface area contributed by atoms with E-state index < -0.39 is 8.07 Å². The molecule has 0 aromatic heterocycles. The second-order valence-corrected chi connectivity index (χ2v) is 9.76. The van der Waals surface area contributed by atoms with Crippen LogP contribution in [0.4, 0.5) is 0 Å². The fraction of sp³-hybridized carbons (Fsp3) is 0.429. The topological polar surface area (TPSA) is 26.0 Å². The maximum absolute atomic E-state index is 6.22. The number of rotatable bonds is 4. The van der Waals surface area contributed by atoms with Crippen LogP contribution >= 0.6 is 0 Å². The molecule has 1 aromatic carbocycles. The van der Waals surface area contributed by atoms with Gasteiger partial charge in [0, 0.05) is 6.04 Å². The van der Waals surface area contributed by atoms with Crippen molar-refractivity contribution in [2.75, 3.05) is 0 Å². The highest BCUT2D eigenvalue weighted by Crippen LogP contribution is 2.19. The van der Waals surface area contributed by atoms with E-state index in [1.54, 1.807) is 0 Å². The summed E-state index contributed by atoms with van der Waals surface area (Å²) in [6.45, 7) is 13.2. The van der Waals surface area contributed by atoms with Crippen LogP contribution < -0.4 is 10.9 Å². The van der Waals surface area contributed by atoms with Crippen molar-refractivity contribution in [3.05, 3.63) is 42.1 Å². The molecule has 16 heavy (non-hydrogen) atoms. The van der Waals surface area contributed by atoms with Gasteiger partial charge in [-0.05, 0) is 5.92 Å². The molecule has 0 spiro atoms. The fourth-order valence-electron chi connectivity index (χ4n) is 1.86. The largest absolute Gasteiger partial charge is 0.324 e. The molecule has 0 amide bonds. The summed E-state index contributed by atoms with van der Waals surface area (Å²) in [6.07, 6.45) is 0. The van der Waals surface area contributed by atoms with Gasteiger partial charge in [0.1, 0.15) is 8.07 Å². The lowest BCUT2D eigenvalue weighted by molar-refractivity contribution is 0.562. The molecule has 1 nitrogen and oxygen atoms in total. The lowest BCUT2D eigenvalue weighted by Gasteiger charge is -2.31. The second-order valence-electron chi connectivity index (χ2n) is 5.29. The minimum absolute atomic E-state index is 0.113. The number of nitrogens with two attached hydrogens (primary N) is 1. The Kier molecular flexibility index (Phi) is 4.11. The molecular weight excluding hydrogens is 210 g/mol. The van der Waals surface area contributed by atoms with Crippen LogP contribution in [0.1, 0.15) is 13.8 Å². The molecule has 88 valence electrons. The van der Waals surface area contributed by atoms with Crippen molar-refractivity contribution < 1.29 is 0 Å². The van der Waals surface area contributed by atoms with E-state index in [9.17, 15) is 0 Å². The Morgan fingerprint density at radius 3 is 2.12 bits per heavy atom. The van der Waals surface area contributed by atoms with Crippen molar-refractivity contribution in [1.29, 1.82) is 0 Å². The summed E-state index contributed by atoms with van der Waals surface area (Å²) in [6, 6.07) is 10.8. The van der Waals surface area contributed by atoms with Crippen LogP contribution in [0.2, 0.25) is 13.1 Å². The Labute approximate surface area is 100 Å². The van der Waals surface area contributed by atoms with Gasteiger partial charge < -0.3 is 5.73 Å². The van der Waals surface area contributed by atoms with Gasteiger partial charge in [-0.3, -0.25) is 0 Å². The van der Waals surface area contributed by atoms with Crippen LogP contribution in [-0.2, 0) is 0 Å². The smallest absolute Gasteiger partial charge is 0.108 e. The summed E-state index contributed by atoms with van der Waals surface area (Å²) in [5.74, 6) is 0.461. The first kappa shape index (κ1) is 13.2.